The molecular formula is C28H22O. The SMILES string of the molecule is Cc1ccc2c(oc3c2ccc2c4ccccc4c4ccccc4c23)c1C(C)C. The molecule has 0 bridgehead atoms. The number of rotatable bonds is 1. The summed E-state index contributed by atoms with van der Waals surface area (Å²) in [6.45, 7) is 6.68. The van der Waals surface area contributed by atoms with Crippen molar-refractivity contribution in [2.45, 2.75) is 26.7 Å². The summed E-state index contributed by atoms with van der Waals surface area (Å²) < 4.78 is 6.70. The molecule has 0 radical (unpaired) electrons. The summed E-state index contributed by atoms with van der Waals surface area (Å²) in [4.78, 5) is 0. The molecule has 1 heterocycles. The van der Waals surface area contributed by atoms with E-state index in [0.29, 0.717) is 5.92 Å². The van der Waals surface area contributed by atoms with Crippen molar-refractivity contribution in [3.8, 4) is 0 Å². The Morgan fingerprint density at radius 2 is 1.03 bits per heavy atom. The average Bonchev–Trinajstić information content (AvgIpc) is 3.11. The van der Waals surface area contributed by atoms with Crippen molar-refractivity contribution in [3.63, 3.8) is 0 Å². The molecule has 0 aliphatic rings. The number of hydrogen-bond acceptors (Lipinski definition) is 1. The quantitative estimate of drug-likeness (QED) is 0.263. The number of benzene rings is 5. The molecule has 5 aromatic carbocycles. The van der Waals surface area contributed by atoms with Gasteiger partial charge in [0.15, 0.2) is 0 Å². The first-order valence-corrected chi connectivity index (χ1v) is 10.3. The fourth-order valence-corrected chi connectivity index (χ4v) is 5.12. The second-order valence-electron chi connectivity index (χ2n) is 8.39. The molecule has 6 aromatic rings. The lowest BCUT2D eigenvalue weighted by Gasteiger charge is -2.10. The molecule has 0 atom stereocenters. The molecule has 0 unspecified atom stereocenters. The van der Waals surface area contributed by atoms with E-state index in [0.717, 1.165) is 11.2 Å². The summed E-state index contributed by atoms with van der Waals surface area (Å²) in [6, 6.07) is 26.4. The van der Waals surface area contributed by atoms with Crippen molar-refractivity contribution in [1.29, 1.82) is 0 Å². The standard InChI is InChI=1S/C28H22O/c1-16(2)25-17(3)12-13-23-24-15-14-22-20-10-5-4-8-18(20)19-9-6-7-11-21(19)26(22)28(24)29-27(23)25/h4-16H,1-3H3. The molecule has 0 spiro atoms. The molecule has 0 N–H and O–H groups in total. The minimum Gasteiger partial charge on any atom is -0.455 e. The van der Waals surface area contributed by atoms with Crippen molar-refractivity contribution < 1.29 is 4.42 Å². The lowest BCUT2D eigenvalue weighted by Crippen LogP contribution is -1.92. The van der Waals surface area contributed by atoms with Crippen LogP contribution in [0.1, 0.15) is 30.9 Å². The zero-order valence-electron chi connectivity index (χ0n) is 16.9. The molecule has 6 rings (SSSR count). The first kappa shape index (κ1) is 16.6. The van der Waals surface area contributed by atoms with E-state index in [1.807, 2.05) is 0 Å². The van der Waals surface area contributed by atoms with Gasteiger partial charge in [0.1, 0.15) is 11.2 Å². The second-order valence-corrected chi connectivity index (χ2v) is 8.39. The van der Waals surface area contributed by atoms with E-state index in [2.05, 4.69) is 93.6 Å². The van der Waals surface area contributed by atoms with Crippen molar-refractivity contribution >= 4 is 54.3 Å². The molecule has 0 saturated carbocycles. The van der Waals surface area contributed by atoms with Gasteiger partial charge in [0, 0.05) is 21.7 Å². The van der Waals surface area contributed by atoms with Gasteiger partial charge in [-0.2, -0.15) is 0 Å². The third-order valence-corrected chi connectivity index (χ3v) is 6.35. The molecule has 29 heavy (non-hydrogen) atoms. The number of hydrogen-bond donors (Lipinski definition) is 0. The van der Waals surface area contributed by atoms with Crippen LogP contribution in [0.15, 0.2) is 77.2 Å². The molecule has 1 nitrogen and oxygen atoms in total. The molecular weight excluding hydrogens is 352 g/mol. The smallest absolute Gasteiger partial charge is 0.143 e. The van der Waals surface area contributed by atoms with Gasteiger partial charge in [0.05, 0.1) is 0 Å². The summed E-state index contributed by atoms with van der Waals surface area (Å²) in [5.41, 5.74) is 4.66. The molecule has 1 aromatic heterocycles. The van der Waals surface area contributed by atoms with E-state index < -0.39 is 0 Å². The van der Waals surface area contributed by atoms with Crippen LogP contribution in [0.5, 0.6) is 0 Å². The van der Waals surface area contributed by atoms with Gasteiger partial charge in [-0.15, -0.1) is 0 Å². The van der Waals surface area contributed by atoms with Gasteiger partial charge >= 0.3 is 0 Å². The number of furan rings is 1. The number of aryl methyl sites for hydroxylation is 1. The van der Waals surface area contributed by atoms with Crippen LogP contribution in [0.2, 0.25) is 0 Å². The molecule has 0 fully saturated rings. The van der Waals surface area contributed by atoms with Crippen LogP contribution in [-0.2, 0) is 0 Å². The minimum atomic E-state index is 0.420. The Hall–Kier alpha value is -3.32. The van der Waals surface area contributed by atoms with Gasteiger partial charge in [0.2, 0.25) is 0 Å². The van der Waals surface area contributed by atoms with Gasteiger partial charge in [0.25, 0.3) is 0 Å². The Morgan fingerprint density at radius 3 is 1.69 bits per heavy atom. The third-order valence-electron chi connectivity index (χ3n) is 6.35. The zero-order chi connectivity index (χ0) is 19.7. The molecule has 0 aliphatic heterocycles. The highest BCUT2D eigenvalue weighted by Gasteiger charge is 2.19. The van der Waals surface area contributed by atoms with E-state index in [-0.39, 0.29) is 0 Å². The topological polar surface area (TPSA) is 13.1 Å². The van der Waals surface area contributed by atoms with Crippen molar-refractivity contribution in [3.05, 3.63) is 83.9 Å². The van der Waals surface area contributed by atoms with E-state index in [1.54, 1.807) is 0 Å². The van der Waals surface area contributed by atoms with Gasteiger partial charge in [-0.3, -0.25) is 0 Å². The maximum Gasteiger partial charge on any atom is 0.143 e. The summed E-state index contributed by atoms with van der Waals surface area (Å²) in [5, 5.41) is 10.0. The van der Waals surface area contributed by atoms with Crippen LogP contribution < -0.4 is 0 Å². The molecule has 1 heteroatoms. The second kappa shape index (κ2) is 5.84. The Bertz CT molecular complexity index is 1550. The van der Waals surface area contributed by atoms with E-state index in [1.165, 1.54) is 54.2 Å². The third kappa shape index (κ3) is 2.16. The minimum absolute atomic E-state index is 0.420. The highest BCUT2D eigenvalue weighted by Crippen LogP contribution is 2.43. The molecule has 0 aliphatic carbocycles. The fourth-order valence-electron chi connectivity index (χ4n) is 5.12. The number of fused-ring (bicyclic) bond motifs is 10. The normalized spacial score (nSPS) is 12.3. The first-order valence-electron chi connectivity index (χ1n) is 10.3. The molecule has 0 saturated heterocycles. The van der Waals surface area contributed by atoms with Crippen molar-refractivity contribution in [2.75, 3.05) is 0 Å². The zero-order valence-corrected chi connectivity index (χ0v) is 16.9. The van der Waals surface area contributed by atoms with Crippen LogP contribution in [0.4, 0.5) is 0 Å². The summed E-state index contributed by atoms with van der Waals surface area (Å²) in [5.74, 6) is 0.420. The van der Waals surface area contributed by atoms with Crippen molar-refractivity contribution in [2.24, 2.45) is 0 Å². The van der Waals surface area contributed by atoms with Crippen LogP contribution in [0, 0.1) is 6.92 Å². The lowest BCUT2D eigenvalue weighted by molar-refractivity contribution is 0.659. The largest absolute Gasteiger partial charge is 0.455 e. The Morgan fingerprint density at radius 1 is 0.552 bits per heavy atom. The molecule has 140 valence electrons. The van der Waals surface area contributed by atoms with Crippen LogP contribution in [0.3, 0.4) is 0 Å². The summed E-state index contributed by atoms with van der Waals surface area (Å²) in [6.07, 6.45) is 0. The highest BCUT2D eigenvalue weighted by atomic mass is 16.3. The van der Waals surface area contributed by atoms with Crippen LogP contribution >= 0.6 is 0 Å². The van der Waals surface area contributed by atoms with Gasteiger partial charge in [-0.25, -0.2) is 0 Å². The average molecular weight is 374 g/mol. The maximum absolute atomic E-state index is 6.70. The van der Waals surface area contributed by atoms with Gasteiger partial charge < -0.3 is 4.42 Å². The summed E-state index contributed by atoms with van der Waals surface area (Å²) in [7, 11) is 0. The van der Waals surface area contributed by atoms with E-state index >= 15 is 0 Å². The highest BCUT2D eigenvalue weighted by molar-refractivity contribution is 6.32. The van der Waals surface area contributed by atoms with Crippen LogP contribution in [-0.4, -0.2) is 0 Å². The lowest BCUT2D eigenvalue weighted by atomic mass is 9.92. The monoisotopic (exact) mass is 374 g/mol. The molecule has 0 amide bonds. The summed E-state index contributed by atoms with van der Waals surface area (Å²) >= 11 is 0. The van der Waals surface area contributed by atoms with Gasteiger partial charge in [-0.1, -0.05) is 80.6 Å². The van der Waals surface area contributed by atoms with E-state index in [9.17, 15) is 0 Å². The maximum atomic E-state index is 6.70. The van der Waals surface area contributed by atoms with Crippen LogP contribution in [0.25, 0.3) is 54.3 Å². The Labute approximate surface area is 169 Å². The Kier molecular flexibility index (Phi) is 3.35. The van der Waals surface area contributed by atoms with Gasteiger partial charge in [-0.05, 0) is 51.4 Å². The predicted molar refractivity (Wildman–Crippen MR) is 125 cm³/mol. The first-order chi connectivity index (χ1) is 14.1. The Balaban J connectivity index is 1.94. The predicted octanol–water partition coefficient (Wildman–Crippen LogP) is 8.48. The van der Waals surface area contributed by atoms with Crippen molar-refractivity contribution in [1.82, 2.24) is 0 Å². The van der Waals surface area contributed by atoms with E-state index in [4.69, 9.17) is 4.42 Å². The fraction of sp³-hybridized carbons (Fsp3) is 0.143.